The number of hydrogen-bond donors (Lipinski definition) is 1. The number of amides is 2. The number of rotatable bonds is 13. The standard InChI is InChI=1S/C30H34Cl2FN3O5S/c1-5-41-26-12-10-25(11-13-26)36(42(39,40)27-14-8-24(33)9-15-27)19-29(37)35(21(4)30(38)34-17-20(2)3)18-22-6-7-23(31)16-28(22)32/h6-16,20-21H,5,17-19H2,1-4H3,(H,34,38)/t21-/m1/s1. The van der Waals surface area contributed by atoms with Gasteiger partial charge in [0.1, 0.15) is 24.2 Å². The van der Waals surface area contributed by atoms with E-state index in [1.165, 1.54) is 23.1 Å². The van der Waals surface area contributed by atoms with Crippen molar-refractivity contribution in [2.45, 2.75) is 45.2 Å². The van der Waals surface area contributed by atoms with Crippen molar-refractivity contribution in [3.63, 3.8) is 0 Å². The molecular weight excluding hydrogens is 604 g/mol. The van der Waals surface area contributed by atoms with E-state index in [1.807, 2.05) is 20.8 Å². The molecular formula is C30H34Cl2FN3O5S. The van der Waals surface area contributed by atoms with Crippen LogP contribution < -0.4 is 14.4 Å². The summed E-state index contributed by atoms with van der Waals surface area (Å²) in [6.07, 6.45) is 0. The van der Waals surface area contributed by atoms with E-state index < -0.39 is 40.2 Å². The first-order valence-corrected chi connectivity index (χ1v) is 15.5. The van der Waals surface area contributed by atoms with E-state index in [2.05, 4.69) is 5.32 Å². The molecule has 8 nitrogen and oxygen atoms in total. The van der Waals surface area contributed by atoms with E-state index in [4.69, 9.17) is 27.9 Å². The van der Waals surface area contributed by atoms with E-state index in [-0.39, 0.29) is 28.1 Å². The second-order valence-electron chi connectivity index (χ2n) is 9.96. The van der Waals surface area contributed by atoms with Gasteiger partial charge in [-0.05, 0) is 86.0 Å². The third-order valence-electron chi connectivity index (χ3n) is 6.32. The Balaban J connectivity index is 2.04. The SMILES string of the molecule is CCOc1ccc(N(CC(=O)N(Cc2ccc(Cl)cc2Cl)[C@H](C)C(=O)NCC(C)C)S(=O)(=O)c2ccc(F)cc2)cc1. The van der Waals surface area contributed by atoms with Gasteiger partial charge in [-0.15, -0.1) is 0 Å². The Morgan fingerprint density at radius 2 is 1.62 bits per heavy atom. The molecule has 2 amide bonds. The maximum atomic E-state index is 14.0. The third kappa shape index (κ3) is 8.59. The molecule has 0 aliphatic rings. The summed E-state index contributed by atoms with van der Waals surface area (Å²) in [7, 11) is -4.34. The van der Waals surface area contributed by atoms with Crippen molar-refractivity contribution in [3.05, 3.63) is 88.2 Å². The highest BCUT2D eigenvalue weighted by Crippen LogP contribution is 2.28. The monoisotopic (exact) mass is 637 g/mol. The quantitative estimate of drug-likeness (QED) is 0.251. The first-order chi connectivity index (χ1) is 19.8. The predicted octanol–water partition coefficient (Wildman–Crippen LogP) is 5.92. The largest absolute Gasteiger partial charge is 0.494 e. The van der Waals surface area contributed by atoms with E-state index in [0.717, 1.165) is 28.6 Å². The Bertz CT molecular complexity index is 1490. The summed E-state index contributed by atoms with van der Waals surface area (Å²) in [4.78, 5) is 28.1. The molecule has 0 saturated carbocycles. The number of ether oxygens (including phenoxy) is 1. The lowest BCUT2D eigenvalue weighted by molar-refractivity contribution is -0.139. The minimum absolute atomic E-state index is 0.0845. The number of halogens is 3. The minimum atomic E-state index is -4.34. The van der Waals surface area contributed by atoms with Crippen molar-refractivity contribution in [3.8, 4) is 5.75 Å². The Morgan fingerprint density at radius 3 is 2.19 bits per heavy atom. The van der Waals surface area contributed by atoms with E-state index in [1.54, 1.807) is 31.2 Å². The minimum Gasteiger partial charge on any atom is -0.494 e. The molecule has 3 aromatic rings. The van der Waals surface area contributed by atoms with Gasteiger partial charge in [-0.1, -0.05) is 43.1 Å². The number of nitrogens with zero attached hydrogens (tertiary/aromatic N) is 2. The van der Waals surface area contributed by atoms with E-state index in [9.17, 15) is 22.4 Å². The molecule has 0 aliphatic carbocycles. The Hall–Kier alpha value is -3.34. The van der Waals surface area contributed by atoms with Crippen LogP contribution in [0.4, 0.5) is 10.1 Å². The lowest BCUT2D eigenvalue weighted by Gasteiger charge is -2.32. The van der Waals surface area contributed by atoms with Crippen molar-refractivity contribution in [2.75, 3.05) is 24.0 Å². The Kier molecular flexibility index (Phi) is 11.6. The summed E-state index contributed by atoms with van der Waals surface area (Å²) in [6, 6.07) is 14.3. The zero-order valence-electron chi connectivity index (χ0n) is 23.8. The zero-order chi connectivity index (χ0) is 31.0. The number of anilines is 1. The summed E-state index contributed by atoms with van der Waals surface area (Å²) in [5, 5.41) is 3.51. The van der Waals surface area contributed by atoms with Gasteiger partial charge in [-0.25, -0.2) is 12.8 Å². The van der Waals surface area contributed by atoms with Crippen LogP contribution in [0, 0.1) is 11.7 Å². The lowest BCUT2D eigenvalue weighted by atomic mass is 10.1. The van der Waals surface area contributed by atoms with Crippen LogP contribution in [0.1, 0.15) is 33.3 Å². The average molecular weight is 639 g/mol. The molecule has 0 spiro atoms. The molecule has 0 heterocycles. The van der Waals surface area contributed by atoms with Crippen molar-refractivity contribution >= 4 is 50.7 Å². The molecule has 0 bridgehead atoms. The number of benzene rings is 3. The fraction of sp³-hybridized carbons (Fsp3) is 0.333. The average Bonchev–Trinajstić information content (AvgIpc) is 2.94. The smallest absolute Gasteiger partial charge is 0.264 e. The van der Waals surface area contributed by atoms with Crippen LogP contribution in [0.15, 0.2) is 71.6 Å². The van der Waals surface area contributed by atoms with Gasteiger partial charge in [-0.3, -0.25) is 13.9 Å². The number of nitrogens with one attached hydrogen (secondary N) is 1. The number of carbonyl (C=O) groups excluding carboxylic acids is 2. The summed E-state index contributed by atoms with van der Waals surface area (Å²) in [5.41, 5.74) is 0.699. The maximum Gasteiger partial charge on any atom is 0.264 e. The fourth-order valence-electron chi connectivity index (χ4n) is 4.01. The molecule has 1 N–H and O–H groups in total. The molecule has 3 rings (SSSR count). The van der Waals surface area contributed by atoms with Gasteiger partial charge in [-0.2, -0.15) is 0 Å². The zero-order valence-corrected chi connectivity index (χ0v) is 26.1. The van der Waals surface area contributed by atoms with E-state index in [0.29, 0.717) is 29.5 Å². The van der Waals surface area contributed by atoms with Gasteiger partial charge in [0.25, 0.3) is 10.0 Å². The topological polar surface area (TPSA) is 96.0 Å². The first-order valence-electron chi connectivity index (χ1n) is 13.4. The van der Waals surface area contributed by atoms with Gasteiger partial charge in [0.15, 0.2) is 0 Å². The summed E-state index contributed by atoms with van der Waals surface area (Å²) >= 11 is 12.5. The normalized spacial score (nSPS) is 12.1. The summed E-state index contributed by atoms with van der Waals surface area (Å²) in [6.45, 7) is 7.33. The first kappa shape index (κ1) is 33.2. The molecule has 0 aliphatic heterocycles. The fourth-order valence-corrected chi connectivity index (χ4v) is 5.89. The number of sulfonamides is 1. The van der Waals surface area contributed by atoms with Crippen molar-refractivity contribution < 1.29 is 27.1 Å². The number of hydrogen-bond acceptors (Lipinski definition) is 5. The summed E-state index contributed by atoms with van der Waals surface area (Å²) in [5.74, 6) is -0.984. The van der Waals surface area contributed by atoms with Crippen molar-refractivity contribution in [1.82, 2.24) is 10.2 Å². The highest BCUT2D eigenvalue weighted by atomic mass is 35.5. The van der Waals surface area contributed by atoms with Crippen molar-refractivity contribution in [1.29, 1.82) is 0 Å². The van der Waals surface area contributed by atoms with E-state index >= 15 is 0 Å². The molecule has 0 unspecified atom stereocenters. The van der Waals surface area contributed by atoms with Gasteiger partial charge in [0.05, 0.1) is 17.2 Å². The van der Waals surface area contributed by atoms with Crippen LogP contribution in [0.2, 0.25) is 10.0 Å². The third-order valence-corrected chi connectivity index (χ3v) is 8.70. The molecule has 3 aromatic carbocycles. The van der Waals surface area contributed by atoms with Crippen molar-refractivity contribution in [2.24, 2.45) is 5.92 Å². The molecule has 0 radical (unpaired) electrons. The van der Waals surface area contributed by atoms with Crippen LogP contribution in [0.3, 0.4) is 0 Å². The molecule has 0 fully saturated rings. The Morgan fingerprint density at radius 1 is 0.976 bits per heavy atom. The Labute approximate surface area is 256 Å². The predicted molar refractivity (Wildman–Crippen MR) is 163 cm³/mol. The van der Waals surface area contributed by atoms with Crippen LogP contribution in [0.25, 0.3) is 0 Å². The maximum absolute atomic E-state index is 14.0. The van der Waals surface area contributed by atoms with Gasteiger partial charge in [0.2, 0.25) is 11.8 Å². The molecule has 0 aromatic heterocycles. The van der Waals surface area contributed by atoms with Gasteiger partial charge >= 0.3 is 0 Å². The van der Waals surface area contributed by atoms with Crippen LogP contribution >= 0.6 is 23.2 Å². The second kappa shape index (κ2) is 14.7. The van der Waals surface area contributed by atoms with Crippen LogP contribution in [0.5, 0.6) is 5.75 Å². The lowest BCUT2D eigenvalue weighted by Crippen LogP contribution is -2.51. The number of carbonyl (C=O) groups is 2. The molecule has 226 valence electrons. The molecule has 42 heavy (non-hydrogen) atoms. The molecule has 12 heteroatoms. The second-order valence-corrected chi connectivity index (χ2v) is 12.7. The summed E-state index contributed by atoms with van der Waals surface area (Å²) < 4.78 is 47.7. The molecule has 0 saturated heterocycles. The highest BCUT2D eigenvalue weighted by molar-refractivity contribution is 7.92. The highest BCUT2D eigenvalue weighted by Gasteiger charge is 2.33. The van der Waals surface area contributed by atoms with Crippen LogP contribution in [-0.2, 0) is 26.2 Å². The van der Waals surface area contributed by atoms with Gasteiger partial charge in [0, 0.05) is 23.1 Å². The molecule has 1 atom stereocenters. The van der Waals surface area contributed by atoms with Gasteiger partial charge < -0.3 is 15.0 Å². The van der Waals surface area contributed by atoms with Crippen LogP contribution in [-0.4, -0.2) is 50.9 Å².